The third-order valence-electron chi connectivity index (χ3n) is 8.37. The van der Waals surface area contributed by atoms with Gasteiger partial charge in [0.25, 0.3) is 0 Å². The van der Waals surface area contributed by atoms with Crippen molar-refractivity contribution < 1.29 is 22.3 Å². The number of ether oxygens (including phenoxy) is 1. The first-order valence-electron chi connectivity index (χ1n) is 13.3. The Morgan fingerprint density at radius 1 is 0.886 bits per heavy atom. The van der Waals surface area contributed by atoms with Crippen LogP contribution in [0.2, 0.25) is 0 Å². The molecule has 2 aliphatic rings. The summed E-state index contributed by atoms with van der Waals surface area (Å²) in [5.41, 5.74) is 1.90. The van der Waals surface area contributed by atoms with Gasteiger partial charge in [-0.25, -0.2) is 8.78 Å². The van der Waals surface area contributed by atoms with Crippen LogP contribution in [0.5, 0.6) is 0 Å². The number of hydrogen-bond donors (Lipinski definition) is 0. The molecule has 0 saturated heterocycles. The van der Waals surface area contributed by atoms with Gasteiger partial charge in [0.1, 0.15) is 5.82 Å². The van der Waals surface area contributed by atoms with Gasteiger partial charge in [-0.05, 0) is 90.5 Å². The van der Waals surface area contributed by atoms with Crippen LogP contribution in [0.25, 0.3) is 0 Å². The number of rotatable bonds is 8. The molecule has 0 radical (unpaired) electrons. The molecule has 192 valence electrons. The summed E-state index contributed by atoms with van der Waals surface area (Å²) >= 11 is 0. The van der Waals surface area contributed by atoms with Gasteiger partial charge in [-0.15, -0.1) is 0 Å². The first-order chi connectivity index (χ1) is 16.8. The molecular weight excluding hydrogens is 452 g/mol. The summed E-state index contributed by atoms with van der Waals surface area (Å²) in [7, 11) is 0. The Hall–Kier alpha value is -1.88. The summed E-state index contributed by atoms with van der Waals surface area (Å²) < 4.78 is 63.2. The average Bonchev–Trinajstić information content (AvgIpc) is 2.88. The normalized spacial score (nSPS) is 26.5. The number of hydrogen-bond acceptors (Lipinski definition) is 1. The number of benzene rings is 2. The summed E-state index contributed by atoms with van der Waals surface area (Å²) in [6.07, 6.45) is 3.17. The minimum Gasteiger partial charge on any atom is -0.313 e. The van der Waals surface area contributed by atoms with E-state index >= 15 is 0 Å². The van der Waals surface area contributed by atoms with Crippen molar-refractivity contribution in [2.24, 2.45) is 11.8 Å². The van der Waals surface area contributed by atoms with Crippen LogP contribution in [0.15, 0.2) is 42.5 Å². The highest BCUT2D eigenvalue weighted by Crippen LogP contribution is 2.40. The Morgan fingerprint density at radius 3 is 2.11 bits per heavy atom. The van der Waals surface area contributed by atoms with Crippen molar-refractivity contribution >= 4 is 0 Å². The predicted octanol–water partition coefficient (Wildman–Crippen LogP) is 9.62. The molecule has 2 saturated carbocycles. The summed E-state index contributed by atoms with van der Waals surface area (Å²) in [4.78, 5) is 0. The molecule has 1 nitrogen and oxygen atoms in total. The van der Waals surface area contributed by atoms with Crippen LogP contribution in [0.4, 0.5) is 17.6 Å². The van der Waals surface area contributed by atoms with Crippen molar-refractivity contribution in [2.75, 3.05) is 0 Å². The van der Waals surface area contributed by atoms with Gasteiger partial charge in [-0.2, -0.15) is 8.78 Å². The second kappa shape index (κ2) is 11.5. The zero-order valence-electron chi connectivity index (χ0n) is 20.9. The zero-order valence-corrected chi connectivity index (χ0v) is 20.9. The van der Waals surface area contributed by atoms with Crippen LogP contribution in [0.1, 0.15) is 112 Å². The zero-order chi connectivity index (χ0) is 25.0. The Bertz CT molecular complexity index is 941. The lowest BCUT2D eigenvalue weighted by atomic mass is 9.78. The fraction of sp³-hybridized carbons (Fsp3) is 0.600. The van der Waals surface area contributed by atoms with Gasteiger partial charge >= 0.3 is 6.11 Å². The fourth-order valence-corrected chi connectivity index (χ4v) is 5.85. The van der Waals surface area contributed by atoms with Crippen LogP contribution in [0.3, 0.4) is 0 Å². The van der Waals surface area contributed by atoms with Crippen LogP contribution >= 0.6 is 0 Å². The molecule has 2 aromatic rings. The topological polar surface area (TPSA) is 9.23 Å². The van der Waals surface area contributed by atoms with Gasteiger partial charge in [0, 0.05) is 0 Å². The SMILES string of the molecule is CCC1CCC(c2ccc(C(F)C(F)(F)OCc3ccc(C4CCC(C)CC4)c(F)c3)cc2)CC1. The molecule has 0 aliphatic heterocycles. The standard InChI is InChI=1S/C30H38F4O/c1-3-21-6-11-23(12-7-21)24-13-15-26(16-14-24)29(32)30(33,34)35-19-22-8-17-27(28(31)18-22)25-9-4-20(2)5-10-25/h8,13-18,20-21,23,25,29H,3-7,9-12,19H2,1-2H3. The second-order valence-corrected chi connectivity index (χ2v) is 10.8. The first kappa shape index (κ1) is 26.2. The summed E-state index contributed by atoms with van der Waals surface area (Å²) in [5.74, 6) is 1.63. The Labute approximate surface area is 207 Å². The van der Waals surface area contributed by atoms with Crippen molar-refractivity contribution in [1.29, 1.82) is 0 Å². The molecule has 2 aromatic carbocycles. The number of halogens is 4. The second-order valence-electron chi connectivity index (χ2n) is 10.8. The summed E-state index contributed by atoms with van der Waals surface area (Å²) in [5, 5.41) is 0. The van der Waals surface area contributed by atoms with Crippen molar-refractivity contribution in [1.82, 2.24) is 0 Å². The van der Waals surface area contributed by atoms with Crippen molar-refractivity contribution in [3.05, 3.63) is 70.5 Å². The van der Waals surface area contributed by atoms with Crippen LogP contribution in [-0.2, 0) is 11.3 Å². The summed E-state index contributed by atoms with van der Waals surface area (Å²) in [6.45, 7) is 3.87. The van der Waals surface area contributed by atoms with Gasteiger partial charge in [0.2, 0.25) is 6.17 Å². The highest BCUT2D eigenvalue weighted by Gasteiger charge is 2.43. The monoisotopic (exact) mass is 490 g/mol. The highest BCUT2D eigenvalue weighted by molar-refractivity contribution is 5.29. The molecule has 0 heterocycles. The first-order valence-corrected chi connectivity index (χ1v) is 13.3. The molecule has 0 spiro atoms. The molecule has 0 aromatic heterocycles. The van der Waals surface area contributed by atoms with Crippen LogP contribution in [0, 0.1) is 17.7 Å². The molecule has 5 heteroatoms. The molecule has 0 N–H and O–H groups in total. The Balaban J connectivity index is 1.33. The quantitative estimate of drug-likeness (QED) is 0.335. The van der Waals surface area contributed by atoms with E-state index in [0.29, 0.717) is 17.4 Å². The van der Waals surface area contributed by atoms with Crippen LogP contribution in [-0.4, -0.2) is 6.11 Å². The van der Waals surface area contributed by atoms with E-state index in [1.807, 2.05) is 0 Å². The van der Waals surface area contributed by atoms with E-state index in [9.17, 15) is 17.6 Å². The van der Waals surface area contributed by atoms with Crippen molar-refractivity contribution in [3.8, 4) is 0 Å². The highest BCUT2D eigenvalue weighted by atomic mass is 19.3. The van der Waals surface area contributed by atoms with E-state index < -0.39 is 24.7 Å². The summed E-state index contributed by atoms with van der Waals surface area (Å²) in [6, 6.07) is 11.0. The molecule has 0 amide bonds. The maximum atomic E-state index is 14.8. The molecular formula is C30H38F4O. The van der Waals surface area contributed by atoms with Gasteiger partial charge in [-0.3, -0.25) is 0 Å². The fourth-order valence-electron chi connectivity index (χ4n) is 5.85. The molecule has 2 aliphatic carbocycles. The lowest BCUT2D eigenvalue weighted by Gasteiger charge is -2.28. The average molecular weight is 491 g/mol. The third-order valence-corrected chi connectivity index (χ3v) is 8.37. The van der Waals surface area contributed by atoms with E-state index in [4.69, 9.17) is 0 Å². The lowest BCUT2D eigenvalue weighted by molar-refractivity contribution is -0.282. The van der Waals surface area contributed by atoms with Crippen molar-refractivity contribution in [2.45, 2.75) is 102 Å². The predicted molar refractivity (Wildman–Crippen MR) is 132 cm³/mol. The Morgan fingerprint density at radius 2 is 1.51 bits per heavy atom. The van der Waals surface area contributed by atoms with E-state index in [1.165, 1.54) is 37.5 Å². The minimum atomic E-state index is -4.00. The van der Waals surface area contributed by atoms with Gasteiger partial charge in [0.15, 0.2) is 0 Å². The van der Waals surface area contributed by atoms with E-state index in [0.717, 1.165) is 50.0 Å². The largest absolute Gasteiger partial charge is 0.391 e. The van der Waals surface area contributed by atoms with E-state index in [-0.39, 0.29) is 17.0 Å². The lowest BCUT2D eigenvalue weighted by Crippen LogP contribution is -2.27. The number of alkyl halides is 3. The molecule has 0 bridgehead atoms. The van der Waals surface area contributed by atoms with Crippen LogP contribution < -0.4 is 0 Å². The van der Waals surface area contributed by atoms with Gasteiger partial charge in [-0.1, -0.05) is 69.5 Å². The molecule has 35 heavy (non-hydrogen) atoms. The maximum Gasteiger partial charge on any atom is 0.391 e. The van der Waals surface area contributed by atoms with Gasteiger partial charge < -0.3 is 4.74 Å². The third kappa shape index (κ3) is 6.47. The molecule has 1 atom stereocenters. The van der Waals surface area contributed by atoms with Gasteiger partial charge in [0.05, 0.1) is 6.61 Å². The Kier molecular flexibility index (Phi) is 8.57. The van der Waals surface area contributed by atoms with Crippen molar-refractivity contribution in [3.63, 3.8) is 0 Å². The molecule has 2 fully saturated rings. The van der Waals surface area contributed by atoms with E-state index in [1.54, 1.807) is 24.3 Å². The smallest absolute Gasteiger partial charge is 0.313 e. The minimum absolute atomic E-state index is 0.103. The molecule has 1 unspecified atom stereocenters. The molecule has 4 rings (SSSR count). The maximum absolute atomic E-state index is 14.8. The van der Waals surface area contributed by atoms with E-state index in [2.05, 4.69) is 18.6 Å².